The molecule has 0 amide bonds. The molecule has 0 atom stereocenters. The average molecular weight is 620 g/mol. The van der Waals surface area contributed by atoms with Gasteiger partial charge in [0, 0.05) is 6.07 Å². The summed E-state index contributed by atoms with van der Waals surface area (Å²) in [6.07, 6.45) is -0.0317. The predicted molar refractivity (Wildman–Crippen MR) is 158 cm³/mol. The van der Waals surface area contributed by atoms with Crippen LogP contribution in [0.5, 0.6) is 11.5 Å². The topological polar surface area (TPSA) is 148 Å². The minimum atomic E-state index is -3.90. The Morgan fingerprint density at radius 3 is 2.02 bits per heavy atom. The van der Waals surface area contributed by atoms with E-state index in [1.807, 2.05) is 19.1 Å². The van der Waals surface area contributed by atoms with Gasteiger partial charge in [0.1, 0.15) is 23.8 Å². The summed E-state index contributed by atoms with van der Waals surface area (Å²) >= 11 is 0. The zero-order valence-corrected chi connectivity index (χ0v) is 26.4. The molecular weight excluding hydrogens is 578 g/mol. The number of benzene rings is 2. The molecule has 1 N–H and O–H groups in total. The first-order chi connectivity index (χ1) is 20.4. The van der Waals surface area contributed by atoms with Crippen molar-refractivity contribution >= 4 is 15.8 Å². The fourth-order valence-electron chi connectivity index (χ4n) is 4.09. The van der Waals surface area contributed by atoms with Gasteiger partial charge in [0.25, 0.3) is 0 Å². The fraction of sp³-hybridized carbons (Fsp3) is 0.500. The third-order valence-corrected chi connectivity index (χ3v) is 8.31. The Morgan fingerprint density at radius 2 is 1.47 bits per heavy atom. The van der Waals surface area contributed by atoms with Crippen molar-refractivity contribution in [3.8, 4) is 17.2 Å². The number of hydrogen-bond donors (Lipinski definition) is 1. The Morgan fingerprint density at radius 1 is 0.884 bits per heavy atom. The van der Waals surface area contributed by atoms with Gasteiger partial charge >= 0.3 is 5.97 Å². The number of carbonyl (C=O) groups is 1. The lowest BCUT2D eigenvalue weighted by Crippen LogP contribution is -2.13. The third kappa shape index (κ3) is 9.23. The number of carboxylic acids is 1. The van der Waals surface area contributed by atoms with Gasteiger partial charge in [0.05, 0.1) is 63.8 Å². The van der Waals surface area contributed by atoms with Gasteiger partial charge in [-0.25, -0.2) is 13.1 Å². The molecule has 43 heavy (non-hydrogen) atoms. The van der Waals surface area contributed by atoms with E-state index in [9.17, 15) is 13.2 Å². The molecule has 2 aromatic carbocycles. The maximum atomic E-state index is 13.4. The quantitative estimate of drug-likeness (QED) is 0.219. The maximum absolute atomic E-state index is 13.4. The van der Waals surface area contributed by atoms with Crippen molar-refractivity contribution in [2.45, 2.75) is 56.4 Å². The van der Waals surface area contributed by atoms with E-state index in [-0.39, 0.29) is 28.4 Å². The van der Waals surface area contributed by atoms with Crippen LogP contribution in [0.2, 0.25) is 0 Å². The van der Waals surface area contributed by atoms with Crippen molar-refractivity contribution in [1.29, 1.82) is 0 Å². The molecule has 1 heterocycles. The zero-order chi connectivity index (χ0) is 31.6. The Bertz CT molecular complexity index is 1460. The van der Waals surface area contributed by atoms with Gasteiger partial charge < -0.3 is 28.8 Å². The van der Waals surface area contributed by atoms with Gasteiger partial charge in [-0.05, 0) is 48.6 Å². The van der Waals surface area contributed by atoms with E-state index in [0.29, 0.717) is 62.5 Å². The van der Waals surface area contributed by atoms with Crippen LogP contribution in [-0.2, 0) is 34.3 Å². The molecule has 236 valence electrons. The largest absolute Gasteiger partial charge is 0.494 e. The van der Waals surface area contributed by atoms with Crippen molar-refractivity contribution in [3.05, 3.63) is 53.2 Å². The van der Waals surface area contributed by atoms with E-state index in [4.69, 9.17) is 28.8 Å². The lowest BCUT2D eigenvalue weighted by atomic mass is 9.87. The van der Waals surface area contributed by atoms with Gasteiger partial charge in [0.2, 0.25) is 14.9 Å². The third-order valence-electron chi connectivity index (χ3n) is 6.53. The van der Waals surface area contributed by atoms with Crippen LogP contribution in [0, 0.1) is 13.8 Å². The first-order valence-corrected chi connectivity index (χ1v) is 15.4. The van der Waals surface area contributed by atoms with E-state index >= 15 is 0 Å². The molecule has 0 unspecified atom stereocenters. The molecule has 0 fully saturated rings. The number of aliphatic carboxylic acids is 1. The Labute approximate surface area is 252 Å². The molecule has 0 radical (unpaired) electrons. The number of rotatable bonds is 17. The van der Waals surface area contributed by atoms with Crippen LogP contribution < -0.4 is 9.47 Å². The molecule has 0 aliphatic rings. The van der Waals surface area contributed by atoms with E-state index in [2.05, 4.69) is 31.1 Å². The van der Waals surface area contributed by atoms with Crippen LogP contribution in [-0.4, -0.2) is 87.8 Å². The summed E-state index contributed by atoms with van der Waals surface area (Å²) in [7, 11) is -2.38. The molecule has 3 rings (SSSR count). The van der Waals surface area contributed by atoms with E-state index in [0.717, 1.165) is 11.1 Å². The summed E-state index contributed by atoms with van der Waals surface area (Å²) in [5, 5.41) is 16.6. The first kappa shape index (κ1) is 34.0. The molecule has 1 aromatic heterocycles. The minimum Gasteiger partial charge on any atom is -0.494 e. The number of sulfone groups is 1. The first-order valence-electron chi connectivity index (χ1n) is 13.9. The number of ether oxygens (including phenoxy) is 5. The zero-order valence-electron chi connectivity index (χ0n) is 25.6. The van der Waals surface area contributed by atoms with Crippen LogP contribution in [0.1, 0.15) is 44.0 Å². The highest BCUT2D eigenvalue weighted by atomic mass is 32.2. The highest BCUT2D eigenvalue weighted by molar-refractivity contribution is 7.91. The van der Waals surface area contributed by atoms with Crippen molar-refractivity contribution in [3.63, 3.8) is 0 Å². The molecule has 0 spiro atoms. The predicted octanol–water partition coefficient (Wildman–Crippen LogP) is 3.93. The number of methoxy groups -OCH3 is 1. The molecule has 3 aromatic rings. The van der Waals surface area contributed by atoms with Crippen LogP contribution in [0.25, 0.3) is 5.69 Å². The van der Waals surface area contributed by atoms with Crippen LogP contribution in [0.4, 0.5) is 0 Å². The van der Waals surface area contributed by atoms with E-state index in [1.165, 1.54) is 11.8 Å². The lowest BCUT2D eigenvalue weighted by molar-refractivity contribution is -0.138. The van der Waals surface area contributed by atoms with Crippen LogP contribution >= 0.6 is 0 Å². The van der Waals surface area contributed by atoms with Crippen molar-refractivity contribution in [2.75, 3.05) is 53.4 Å². The van der Waals surface area contributed by atoms with Gasteiger partial charge in [0.15, 0.2) is 0 Å². The lowest BCUT2D eigenvalue weighted by Gasteiger charge is -2.19. The Hall–Kier alpha value is -3.52. The Balaban J connectivity index is 1.58. The van der Waals surface area contributed by atoms with Crippen LogP contribution in [0.3, 0.4) is 0 Å². The van der Waals surface area contributed by atoms with Gasteiger partial charge in [-0.3, -0.25) is 4.79 Å². The molecule has 0 aliphatic carbocycles. The van der Waals surface area contributed by atoms with Crippen molar-refractivity contribution in [1.82, 2.24) is 15.0 Å². The number of aromatic nitrogens is 3. The molecule has 12 nitrogen and oxygen atoms in total. The Kier molecular flexibility index (Phi) is 12.1. The maximum Gasteiger partial charge on any atom is 0.305 e. The summed E-state index contributed by atoms with van der Waals surface area (Å²) in [6, 6.07) is 10.4. The van der Waals surface area contributed by atoms with E-state index < -0.39 is 15.8 Å². The summed E-state index contributed by atoms with van der Waals surface area (Å²) in [5.74, 6) is 0.127. The average Bonchev–Trinajstić information content (AvgIpc) is 3.35. The second-order valence-electron chi connectivity index (χ2n) is 10.8. The van der Waals surface area contributed by atoms with Crippen molar-refractivity contribution in [2.24, 2.45) is 0 Å². The molecular formula is C30H41N3O9S. The van der Waals surface area contributed by atoms with Crippen LogP contribution in [0.15, 0.2) is 46.3 Å². The summed E-state index contributed by atoms with van der Waals surface area (Å²) in [6.45, 7) is 11.9. The number of aryl methyl sites for hydroxylation is 1. The molecule has 13 heteroatoms. The SMILES string of the molecule is COc1cc(OCCOCCOCCOCCC(=O)O)c(C)cc1-n1nnc(S(=O)(=O)c2ccc(C(C)(C)C)cc2)c1C. The van der Waals surface area contributed by atoms with Gasteiger partial charge in [-0.1, -0.05) is 38.1 Å². The smallest absolute Gasteiger partial charge is 0.305 e. The fourth-order valence-corrected chi connectivity index (χ4v) is 5.43. The highest BCUT2D eigenvalue weighted by Gasteiger charge is 2.27. The number of nitrogens with zero attached hydrogens (tertiary/aromatic N) is 3. The minimum absolute atomic E-state index is 0.0317. The summed E-state index contributed by atoms with van der Waals surface area (Å²) in [4.78, 5) is 10.6. The van der Waals surface area contributed by atoms with Gasteiger partial charge in [-0.2, -0.15) is 0 Å². The second kappa shape index (κ2) is 15.3. The number of hydrogen-bond acceptors (Lipinski definition) is 10. The van der Waals surface area contributed by atoms with Gasteiger partial charge in [-0.15, -0.1) is 5.10 Å². The molecule has 0 saturated carbocycles. The van der Waals surface area contributed by atoms with Crippen molar-refractivity contribution < 1.29 is 42.0 Å². The normalized spacial score (nSPS) is 12.0. The highest BCUT2D eigenvalue weighted by Crippen LogP contribution is 2.33. The number of carboxylic acid groups (broad SMARTS) is 1. The molecule has 0 saturated heterocycles. The molecule has 0 aliphatic heterocycles. The summed E-state index contributed by atoms with van der Waals surface area (Å²) in [5.41, 5.74) is 2.61. The second-order valence-corrected chi connectivity index (χ2v) is 12.7. The standard InChI is InChI=1S/C30H41N3O9S/c1-21-19-25(27(38-6)20-26(21)42-18-17-41-16-15-40-14-13-39-12-11-28(34)35)33-22(2)29(31-32-33)43(36,37)24-9-7-23(8-10-24)30(3,4)5/h7-10,19-20H,11-18H2,1-6H3,(H,34,35). The summed E-state index contributed by atoms with van der Waals surface area (Å²) < 4.78 is 55.8. The monoisotopic (exact) mass is 619 g/mol. The van der Waals surface area contributed by atoms with E-state index in [1.54, 1.807) is 31.2 Å². The molecule has 0 bridgehead atoms.